The summed E-state index contributed by atoms with van der Waals surface area (Å²) in [6.45, 7) is 14.2. The summed E-state index contributed by atoms with van der Waals surface area (Å²) in [5.41, 5.74) is 17.6. The zero-order chi connectivity index (χ0) is 43.3. The molecule has 0 fully saturated rings. The van der Waals surface area contributed by atoms with Gasteiger partial charge >= 0.3 is 0 Å². The summed E-state index contributed by atoms with van der Waals surface area (Å²) in [6, 6.07) is 74.2. The summed E-state index contributed by atoms with van der Waals surface area (Å²) in [5.74, 6) is 0.00737. The molecule has 9 aromatic carbocycles. The average molecular weight is 855 g/mol. The van der Waals surface area contributed by atoms with Crippen LogP contribution in [0.3, 0.4) is 0 Å². The van der Waals surface area contributed by atoms with Crippen LogP contribution in [0, 0.1) is 0 Å². The van der Waals surface area contributed by atoms with E-state index in [1.165, 1.54) is 114 Å². The molecule has 2 spiro atoms. The summed E-state index contributed by atoms with van der Waals surface area (Å²) in [4.78, 5) is 2.69. The van der Waals surface area contributed by atoms with Crippen LogP contribution >= 0.6 is 11.8 Å². The summed E-state index contributed by atoms with van der Waals surface area (Å²) in [5, 5.41) is 8.71. The zero-order valence-corrected chi connectivity index (χ0v) is 39.2. The van der Waals surface area contributed by atoms with Gasteiger partial charge in [-0.3, -0.25) is 0 Å². The molecule has 9 aromatic rings. The normalized spacial score (nSPS) is 16.6. The van der Waals surface area contributed by atoms with Crippen LogP contribution in [0.1, 0.15) is 97.5 Å². The highest BCUT2D eigenvalue weighted by atomic mass is 32.2. The third kappa shape index (κ3) is 4.91. The molecule has 64 heavy (non-hydrogen) atoms. The molecule has 2 heteroatoms. The molecule has 308 valence electrons. The van der Waals surface area contributed by atoms with Crippen LogP contribution in [0.25, 0.3) is 33.0 Å². The van der Waals surface area contributed by atoms with Crippen LogP contribution in [0.2, 0.25) is 0 Å². The number of fused-ring (bicyclic) bond motifs is 20. The smallest absolute Gasteiger partial charge is 0.0894 e. The summed E-state index contributed by atoms with van der Waals surface area (Å²) in [6.07, 6.45) is 0. The Kier molecular flexibility index (Phi) is 7.89. The second-order valence-electron chi connectivity index (χ2n) is 20.7. The van der Waals surface area contributed by atoms with Crippen molar-refractivity contribution < 1.29 is 0 Å². The van der Waals surface area contributed by atoms with Gasteiger partial charge in [0.15, 0.2) is 8.07 Å². The van der Waals surface area contributed by atoms with Gasteiger partial charge in [-0.2, -0.15) is 0 Å². The Morgan fingerprint density at radius 1 is 0.422 bits per heavy atom. The molecule has 0 aromatic heterocycles. The highest BCUT2D eigenvalue weighted by molar-refractivity contribution is 7.99. The highest BCUT2D eigenvalue weighted by Gasteiger charge is 2.55. The van der Waals surface area contributed by atoms with Crippen molar-refractivity contribution in [1.82, 2.24) is 0 Å². The maximum atomic E-state index is 2.69. The number of rotatable bonds is 1. The molecular weight excluding hydrogens is 805 g/mol. The summed E-state index contributed by atoms with van der Waals surface area (Å²) < 4.78 is 0. The lowest BCUT2D eigenvalue weighted by atomic mass is 9.55. The van der Waals surface area contributed by atoms with E-state index in [0.29, 0.717) is 0 Å². The van der Waals surface area contributed by atoms with E-state index in [4.69, 9.17) is 0 Å². The van der Waals surface area contributed by atoms with Gasteiger partial charge in [-0.15, -0.1) is 0 Å². The lowest BCUT2D eigenvalue weighted by Gasteiger charge is -2.49. The van der Waals surface area contributed by atoms with Gasteiger partial charge in [0.2, 0.25) is 0 Å². The number of benzene rings is 9. The average Bonchev–Trinajstić information content (AvgIpc) is 3.77. The third-order valence-corrected chi connectivity index (χ3v) is 21.5. The molecule has 0 bridgehead atoms. The second-order valence-corrected chi connectivity index (χ2v) is 25.5. The molecule has 1 unspecified atom stereocenters. The lowest BCUT2D eigenvalue weighted by molar-refractivity contribution is 0.576. The second kappa shape index (κ2) is 13.2. The highest BCUT2D eigenvalue weighted by Crippen LogP contribution is 2.63. The maximum Gasteiger partial charge on any atom is 0.182 e. The van der Waals surface area contributed by atoms with Crippen molar-refractivity contribution in [3.05, 3.63) is 238 Å². The van der Waals surface area contributed by atoms with Crippen LogP contribution in [-0.2, 0) is 16.2 Å². The van der Waals surface area contributed by atoms with E-state index < -0.39 is 13.5 Å². The van der Waals surface area contributed by atoms with Crippen molar-refractivity contribution in [2.24, 2.45) is 0 Å². The van der Waals surface area contributed by atoms with E-state index in [1.807, 2.05) is 11.8 Å². The Bertz CT molecular complexity index is 3340. The fraction of sp³-hybridized carbons (Fsp3) is 0.161. The van der Waals surface area contributed by atoms with Gasteiger partial charge < -0.3 is 0 Å². The Balaban J connectivity index is 1.16. The molecule has 0 saturated heterocycles. The molecule has 13 rings (SSSR count). The molecule has 0 amide bonds. The minimum atomic E-state index is -2.67. The van der Waals surface area contributed by atoms with Crippen molar-refractivity contribution in [2.45, 2.75) is 73.5 Å². The monoisotopic (exact) mass is 854 g/mol. The van der Waals surface area contributed by atoms with E-state index in [9.17, 15) is 0 Å². The lowest BCUT2D eigenvalue weighted by Crippen LogP contribution is -2.70. The first kappa shape index (κ1) is 38.3. The Labute approximate surface area is 383 Å². The molecule has 0 saturated carbocycles. The van der Waals surface area contributed by atoms with Gasteiger partial charge in [-0.05, 0) is 127 Å². The minimum absolute atomic E-state index is 0.00737. The van der Waals surface area contributed by atoms with Crippen LogP contribution in [-0.4, -0.2) is 8.07 Å². The van der Waals surface area contributed by atoms with E-state index in [2.05, 4.69) is 230 Å². The molecule has 3 heterocycles. The van der Waals surface area contributed by atoms with Crippen molar-refractivity contribution in [3.8, 4) is 22.3 Å². The van der Waals surface area contributed by atoms with E-state index in [-0.39, 0.29) is 16.7 Å². The molecular formula is C62H50SSi. The largest absolute Gasteiger partial charge is 0.182 e. The zero-order valence-electron chi connectivity index (χ0n) is 37.4. The SMILES string of the molecule is CC(C)(C)c1ccc2c(c1)C1(c3cc(C(C)(C)C)ccc3S2)c2ccccc2C(c2ccc3c(c2)[Si]2(c4ccccc4-c4ccccc42)c2ccccc2-3)c2c1ccc1ccccc21. The molecule has 1 aliphatic carbocycles. The van der Waals surface area contributed by atoms with Gasteiger partial charge in [-0.1, -0.05) is 229 Å². The Hall–Kier alpha value is -6.19. The molecule has 1 atom stereocenters. The molecule has 0 radical (unpaired) electrons. The number of hydrogen-bond acceptors (Lipinski definition) is 1. The fourth-order valence-electron chi connectivity index (χ4n) is 12.6. The van der Waals surface area contributed by atoms with Crippen LogP contribution in [0.15, 0.2) is 198 Å². The van der Waals surface area contributed by atoms with Crippen molar-refractivity contribution in [3.63, 3.8) is 0 Å². The fourth-order valence-corrected chi connectivity index (χ4v) is 19.4. The van der Waals surface area contributed by atoms with E-state index in [0.717, 1.165) is 0 Å². The van der Waals surface area contributed by atoms with Gasteiger partial charge in [0.1, 0.15) is 0 Å². The minimum Gasteiger partial charge on any atom is -0.0894 e. The van der Waals surface area contributed by atoms with Crippen LogP contribution in [0.4, 0.5) is 0 Å². The molecule has 0 N–H and O–H groups in total. The Morgan fingerprint density at radius 3 is 1.53 bits per heavy atom. The summed E-state index contributed by atoms with van der Waals surface area (Å²) >= 11 is 1.95. The first-order valence-corrected chi connectivity index (χ1v) is 25.9. The van der Waals surface area contributed by atoms with E-state index >= 15 is 0 Å². The molecule has 3 aliphatic heterocycles. The predicted octanol–water partition coefficient (Wildman–Crippen LogP) is 13.1. The van der Waals surface area contributed by atoms with Crippen LogP contribution < -0.4 is 20.7 Å². The van der Waals surface area contributed by atoms with Crippen LogP contribution in [0.5, 0.6) is 0 Å². The third-order valence-electron chi connectivity index (χ3n) is 15.4. The van der Waals surface area contributed by atoms with Crippen molar-refractivity contribution in [1.29, 1.82) is 0 Å². The van der Waals surface area contributed by atoms with Crippen molar-refractivity contribution in [2.75, 3.05) is 0 Å². The standard InChI is InChI=1S/C62H50SSi/c1-60(2,3)40-29-33-52-50(36-40)62(51-37-41(61(4,5)6)30-34-53(51)63-52)48-23-13-9-22-47(48)58(59-42-18-8-7-17-38(42)28-32-49(59)62)39-27-31-46-45-21-12-16-26-56(45)64(57(46)35-39)54-24-14-10-19-43(54)44-20-11-15-25-55(44)64/h7-37,58H,1-6H3. The maximum absolute atomic E-state index is 2.69. The van der Waals surface area contributed by atoms with E-state index in [1.54, 1.807) is 0 Å². The van der Waals surface area contributed by atoms with Crippen molar-refractivity contribution >= 4 is 51.4 Å². The first-order chi connectivity index (χ1) is 31.0. The molecule has 4 aliphatic rings. The number of hydrogen-bond donors (Lipinski definition) is 0. The van der Waals surface area contributed by atoms with Gasteiger partial charge in [0, 0.05) is 15.7 Å². The topological polar surface area (TPSA) is 0 Å². The predicted molar refractivity (Wildman–Crippen MR) is 273 cm³/mol. The van der Waals surface area contributed by atoms with Gasteiger partial charge in [0.05, 0.1) is 5.41 Å². The Morgan fingerprint density at radius 2 is 0.938 bits per heavy atom. The first-order valence-electron chi connectivity index (χ1n) is 23.0. The quantitative estimate of drug-likeness (QED) is 0.148. The molecule has 0 nitrogen and oxygen atoms in total. The van der Waals surface area contributed by atoms with Gasteiger partial charge in [-0.25, -0.2) is 0 Å². The summed E-state index contributed by atoms with van der Waals surface area (Å²) in [7, 11) is -2.67. The van der Waals surface area contributed by atoms with Gasteiger partial charge in [0.25, 0.3) is 0 Å².